The van der Waals surface area contributed by atoms with Crippen molar-refractivity contribution in [2.45, 2.75) is 33.5 Å². The van der Waals surface area contributed by atoms with Crippen LogP contribution in [0.15, 0.2) is 24.3 Å². The van der Waals surface area contributed by atoms with Crippen molar-refractivity contribution >= 4 is 76.1 Å². The van der Waals surface area contributed by atoms with Gasteiger partial charge in [-0.25, -0.2) is 4.79 Å². The number of halogens is 3. The molecule has 3 unspecified atom stereocenters. The summed E-state index contributed by atoms with van der Waals surface area (Å²) in [7, 11) is 0. The number of nitriles is 1. The molecule has 0 radical (unpaired) electrons. The van der Waals surface area contributed by atoms with Crippen molar-refractivity contribution in [2.75, 3.05) is 18.1 Å². The molecule has 0 spiro atoms. The molecule has 0 saturated carbocycles. The van der Waals surface area contributed by atoms with E-state index in [0.717, 1.165) is 11.8 Å². The van der Waals surface area contributed by atoms with Gasteiger partial charge in [-0.15, -0.1) is 11.8 Å². The molecule has 2 saturated heterocycles. The van der Waals surface area contributed by atoms with Gasteiger partial charge in [0.1, 0.15) is 18.0 Å². The number of rotatable bonds is 7. The van der Waals surface area contributed by atoms with E-state index in [-0.39, 0.29) is 17.0 Å². The first-order valence-electron chi connectivity index (χ1n) is 9.08. The lowest BCUT2D eigenvalue weighted by molar-refractivity contribution is -0.161. The number of nitrogens with two attached hydrogens (primary N) is 1. The molecule has 31 heavy (non-hydrogen) atoms. The molecule has 1 aromatic carbocycles. The number of thiocyanates is 1. The topological polar surface area (TPSA) is 113 Å². The van der Waals surface area contributed by atoms with Crippen molar-refractivity contribution in [3.63, 3.8) is 0 Å². The molecule has 2 amide bonds. The Hall–Kier alpha value is -1.31. The van der Waals surface area contributed by atoms with E-state index in [1.54, 1.807) is 31.2 Å². The van der Waals surface area contributed by atoms with Crippen LogP contribution in [-0.4, -0.2) is 56.0 Å². The lowest BCUT2D eigenvalue weighted by Crippen LogP contribution is -2.60. The number of esters is 1. The van der Waals surface area contributed by atoms with Crippen LogP contribution in [0.1, 0.15) is 24.0 Å². The number of carbonyl (C=O) groups excluding carboxylic acids is 3. The van der Waals surface area contributed by atoms with E-state index in [1.165, 1.54) is 16.7 Å². The van der Waals surface area contributed by atoms with E-state index in [0.29, 0.717) is 16.9 Å². The van der Waals surface area contributed by atoms with Crippen LogP contribution in [-0.2, 0) is 24.5 Å². The first-order valence-corrected chi connectivity index (χ1v) is 12.3. The number of amides is 2. The van der Waals surface area contributed by atoms with E-state index < -0.39 is 39.7 Å². The fourth-order valence-corrected chi connectivity index (χ4v) is 6.07. The Balaban J connectivity index is 1.84. The summed E-state index contributed by atoms with van der Waals surface area (Å²) >= 11 is 19.2. The SMILES string of the molecule is CC(CSC#N)(C(N)=O)c1ccccc1C1C(=O)N2C(C(=O)OCC(Cl)(Cl)Cl)CS[C@@H]12. The Kier molecular flexibility index (Phi) is 7.28. The largest absolute Gasteiger partial charge is 0.460 e. The van der Waals surface area contributed by atoms with Gasteiger partial charge in [-0.3, -0.25) is 9.59 Å². The molecule has 2 N–H and O–H groups in total. The molecule has 2 fully saturated rings. The minimum Gasteiger partial charge on any atom is -0.460 e. The molecule has 0 bridgehead atoms. The molecule has 3 rings (SSSR count). The molecule has 0 aromatic heterocycles. The van der Waals surface area contributed by atoms with Gasteiger partial charge in [0.25, 0.3) is 0 Å². The summed E-state index contributed by atoms with van der Waals surface area (Å²) in [4.78, 5) is 39.3. The smallest absolute Gasteiger partial charge is 0.329 e. The van der Waals surface area contributed by atoms with Crippen molar-refractivity contribution in [3.05, 3.63) is 35.4 Å². The maximum absolute atomic E-state index is 13.1. The van der Waals surface area contributed by atoms with Crippen LogP contribution < -0.4 is 5.73 Å². The van der Waals surface area contributed by atoms with Crippen molar-refractivity contribution in [3.8, 4) is 5.40 Å². The third-order valence-electron chi connectivity index (χ3n) is 5.35. The average molecular weight is 523 g/mol. The van der Waals surface area contributed by atoms with Crippen LogP contribution in [0.25, 0.3) is 0 Å². The Labute approximate surface area is 202 Å². The fourth-order valence-electron chi connectivity index (χ4n) is 3.71. The predicted molar refractivity (Wildman–Crippen MR) is 122 cm³/mol. The zero-order chi connectivity index (χ0) is 23.0. The Morgan fingerprint density at radius 1 is 1.39 bits per heavy atom. The van der Waals surface area contributed by atoms with E-state index in [2.05, 4.69) is 0 Å². The summed E-state index contributed by atoms with van der Waals surface area (Å²) in [6.45, 7) is 1.25. The second-order valence-corrected chi connectivity index (χ2v) is 11.8. The first-order chi connectivity index (χ1) is 14.5. The minimum absolute atomic E-state index is 0.157. The molecular formula is C19H18Cl3N3O4S2. The average Bonchev–Trinajstić information content (AvgIpc) is 3.09. The summed E-state index contributed by atoms with van der Waals surface area (Å²) in [6.07, 6.45) is 0. The molecule has 166 valence electrons. The van der Waals surface area contributed by atoms with Crippen LogP contribution in [0.3, 0.4) is 0 Å². The molecule has 1 aromatic rings. The zero-order valence-corrected chi connectivity index (χ0v) is 20.1. The van der Waals surface area contributed by atoms with Crippen LogP contribution >= 0.6 is 58.3 Å². The number of hydrogen-bond acceptors (Lipinski definition) is 7. The Morgan fingerprint density at radius 2 is 2.06 bits per heavy atom. The predicted octanol–water partition coefficient (Wildman–Crippen LogP) is 2.92. The van der Waals surface area contributed by atoms with Crippen molar-refractivity contribution in [1.82, 2.24) is 4.90 Å². The van der Waals surface area contributed by atoms with Crippen LogP contribution in [0.2, 0.25) is 0 Å². The van der Waals surface area contributed by atoms with Crippen molar-refractivity contribution in [1.29, 1.82) is 5.26 Å². The van der Waals surface area contributed by atoms with Gasteiger partial charge in [0.15, 0.2) is 0 Å². The maximum Gasteiger partial charge on any atom is 0.329 e. The number of thioether (sulfide) groups is 2. The number of primary amides is 1. The zero-order valence-electron chi connectivity index (χ0n) is 16.2. The highest BCUT2D eigenvalue weighted by Gasteiger charge is 2.58. The van der Waals surface area contributed by atoms with E-state index in [4.69, 9.17) is 50.5 Å². The lowest BCUT2D eigenvalue weighted by Gasteiger charge is -2.45. The molecule has 2 aliphatic heterocycles. The van der Waals surface area contributed by atoms with Crippen molar-refractivity contribution in [2.24, 2.45) is 5.73 Å². The standard InChI is InChI=1S/C19H18Cl3N3O4S2/c1-18(17(24)28,8-30-9-23)11-5-3-2-4-10(11)13-14(26)25-12(6-31-15(13)25)16(27)29-7-19(20,21)22/h2-5,12-13,15H,6-8H2,1H3,(H2,24,28)/t12?,13?,15-,18?/m0/s1. The first kappa shape index (κ1) is 24.3. The third kappa shape index (κ3) is 4.74. The van der Waals surface area contributed by atoms with Gasteiger partial charge in [-0.1, -0.05) is 59.1 Å². The highest BCUT2D eigenvalue weighted by Crippen LogP contribution is 2.50. The Bertz CT molecular complexity index is 952. The van der Waals surface area contributed by atoms with Crippen molar-refractivity contribution < 1.29 is 19.1 Å². The van der Waals surface area contributed by atoms with E-state index >= 15 is 0 Å². The minimum atomic E-state index is -1.73. The molecule has 12 heteroatoms. The number of ether oxygens (including phenoxy) is 1. The molecule has 2 aliphatic rings. The van der Waals surface area contributed by atoms with Gasteiger partial charge in [-0.05, 0) is 29.8 Å². The second kappa shape index (κ2) is 9.28. The summed E-state index contributed by atoms with van der Waals surface area (Å²) in [6, 6.07) is 6.30. The van der Waals surface area contributed by atoms with Crippen LogP contribution in [0.5, 0.6) is 0 Å². The second-order valence-electron chi connectivity index (χ2n) is 7.35. The highest BCUT2D eigenvalue weighted by atomic mass is 35.6. The third-order valence-corrected chi connectivity index (χ3v) is 7.88. The van der Waals surface area contributed by atoms with Crippen LogP contribution in [0, 0.1) is 10.7 Å². The summed E-state index contributed by atoms with van der Waals surface area (Å²) in [5.74, 6) is -1.50. The molecule has 4 atom stereocenters. The monoisotopic (exact) mass is 521 g/mol. The number of benzene rings is 1. The van der Waals surface area contributed by atoms with Gasteiger partial charge in [-0.2, -0.15) is 5.26 Å². The fraction of sp³-hybridized carbons (Fsp3) is 0.474. The molecule has 2 heterocycles. The van der Waals surface area contributed by atoms with Gasteiger partial charge in [0, 0.05) is 11.5 Å². The number of nitrogens with zero attached hydrogens (tertiary/aromatic N) is 2. The van der Waals surface area contributed by atoms with E-state index in [9.17, 15) is 14.4 Å². The molecule has 7 nitrogen and oxygen atoms in total. The molecule has 0 aliphatic carbocycles. The Morgan fingerprint density at radius 3 is 2.68 bits per heavy atom. The summed E-state index contributed by atoms with van der Waals surface area (Å²) < 4.78 is 3.32. The molecular weight excluding hydrogens is 505 g/mol. The number of β-lactam (4-membered cyclic amide) rings is 1. The normalized spacial score (nSPS) is 24.5. The lowest BCUT2D eigenvalue weighted by atomic mass is 9.75. The van der Waals surface area contributed by atoms with Gasteiger partial charge in [0.2, 0.25) is 15.6 Å². The number of hydrogen-bond donors (Lipinski definition) is 1. The van der Waals surface area contributed by atoms with Gasteiger partial charge >= 0.3 is 5.97 Å². The number of alkyl halides is 3. The highest BCUT2D eigenvalue weighted by molar-refractivity contribution is 8.03. The van der Waals surface area contributed by atoms with E-state index in [1.807, 2.05) is 5.40 Å². The summed E-state index contributed by atoms with van der Waals surface area (Å²) in [5.41, 5.74) is 5.82. The quantitative estimate of drug-likeness (QED) is 0.253. The summed E-state index contributed by atoms with van der Waals surface area (Å²) in [5, 5.41) is 10.6. The maximum atomic E-state index is 13.1. The van der Waals surface area contributed by atoms with Gasteiger partial charge in [0.05, 0.1) is 16.7 Å². The number of carbonyl (C=O) groups is 3. The van der Waals surface area contributed by atoms with Gasteiger partial charge < -0.3 is 15.4 Å². The van der Waals surface area contributed by atoms with Crippen LogP contribution in [0.4, 0.5) is 0 Å². The number of fused-ring (bicyclic) bond motifs is 1.